The molecular formula is C20H25NO4. The fraction of sp³-hybridized carbons (Fsp3) is 0.400. The van der Waals surface area contributed by atoms with E-state index in [0.29, 0.717) is 19.7 Å². The Morgan fingerprint density at radius 2 is 1.52 bits per heavy atom. The van der Waals surface area contributed by atoms with E-state index in [1.54, 1.807) is 0 Å². The van der Waals surface area contributed by atoms with Crippen LogP contribution in [-0.2, 0) is 17.9 Å². The smallest absolute Gasteiger partial charge is 0.109 e. The molecule has 1 aliphatic rings. The number of β-amino-alcohol motifs (C(OH)–C–C–N with tert-alkyl or cyclic N) is 1. The number of aliphatic hydroxyl groups excluding tert-OH is 3. The normalized spacial score (nSPS) is 27.3. The SMILES string of the molecule is OC[C@@H]1[C@@H](OCc2ccccc2)[C@H](O)[C@H](O)CN1Cc1ccccc1. The maximum absolute atomic E-state index is 10.4. The zero-order chi connectivity index (χ0) is 17.6. The van der Waals surface area contributed by atoms with Crippen LogP contribution in [0.25, 0.3) is 0 Å². The standard InChI is InChI=1S/C20H25NO4/c22-13-17-20(25-14-16-9-5-2-6-10-16)19(24)18(23)12-21(17)11-15-7-3-1-4-8-15/h1-10,17-20,22-24H,11-14H2/t17-,18-,19-,20-/m1/s1. The van der Waals surface area contributed by atoms with Crippen LogP contribution in [0.5, 0.6) is 0 Å². The molecule has 4 atom stereocenters. The van der Waals surface area contributed by atoms with Crippen LogP contribution in [0.2, 0.25) is 0 Å². The summed E-state index contributed by atoms with van der Waals surface area (Å²) in [5.74, 6) is 0. The van der Waals surface area contributed by atoms with Gasteiger partial charge >= 0.3 is 0 Å². The molecule has 0 radical (unpaired) electrons. The van der Waals surface area contributed by atoms with Gasteiger partial charge in [-0.3, -0.25) is 4.90 Å². The molecule has 0 saturated carbocycles. The van der Waals surface area contributed by atoms with E-state index in [1.807, 2.05) is 65.6 Å². The number of piperidine rings is 1. The fourth-order valence-corrected chi connectivity index (χ4v) is 3.33. The predicted octanol–water partition coefficient (Wildman–Crippen LogP) is 1.17. The van der Waals surface area contributed by atoms with E-state index < -0.39 is 18.3 Å². The molecule has 1 fully saturated rings. The van der Waals surface area contributed by atoms with Crippen LogP contribution in [0.3, 0.4) is 0 Å². The molecule has 5 heteroatoms. The highest BCUT2D eigenvalue weighted by Gasteiger charge is 2.42. The second kappa shape index (κ2) is 8.56. The molecule has 1 saturated heterocycles. The van der Waals surface area contributed by atoms with E-state index >= 15 is 0 Å². The molecule has 0 spiro atoms. The summed E-state index contributed by atoms with van der Waals surface area (Å²) in [5.41, 5.74) is 2.08. The van der Waals surface area contributed by atoms with Gasteiger partial charge in [-0.25, -0.2) is 0 Å². The number of nitrogens with zero attached hydrogens (tertiary/aromatic N) is 1. The van der Waals surface area contributed by atoms with Crippen LogP contribution in [-0.4, -0.2) is 57.7 Å². The first kappa shape index (κ1) is 18.0. The highest BCUT2D eigenvalue weighted by molar-refractivity contribution is 5.16. The van der Waals surface area contributed by atoms with Crippen molar-refractivity contribution in [2.45, 2.75) is 37.5 Å². The molecule has 134 valence electrons. The van der Waals surface area contributed by atoms with Crippen molar-refractivity contribution < 1.29 is 20.1 Å². The summed E-state index contributed by atoms with van der Waals surface area (Å²) in [6.45, 7) is 1.06. The lowest BCUT2D eigenvalue weighted by Crippen LogP contribution is -2.62. The monoisotopic (exact) mass is 343 g/mol. The van der Waals surface area contributed by atoms with Crippen molar-refractivity contribution in [1.29, 1.82) is 0 Å². The molecule has 0 aromatic heterocycles. The van der Waals surface area contributed by atoms with E-state index in [1.165, 1.54) is 0 Å². The van der Waals surface area contributed by atoms with Crippen LogP contribution in [0.1, 0.15) is 11.1 Å². The third-order valence-electron chi connectivity index (χ3n) is 4.70. The number of aliphatic hydroxyl groups is 3. The summed E-state index contributed by atoms with van der Waals surface area (Å²) in [6, 6.07) is 19.2. The van der Waals surface area contributed by atoms with E-state index in [9.17, 15) is 15.3 Å². The van der Waals surface area contributed by atoms with Gasteiger partial charge in [0.05, 0.1) is 25.4 Å². The Kier molecular flexibility index (Phi) is 6.18. The average molecular weight is 343 g/mol. The molecular weight excluding hydrogens is 318 g/mol. The topological polar surface area (TPSA) is 73.2 Å². The number of hydrogen-bond donors (Lipinski definition) is 3. The first-order valence-electron chi connectivity index (χ1n) is 8.59. The molecule has 5 nitrogen and oxygen atoms in total. The van der Waals surface area contributed by atoms with Crippen molar-refractivity contribution in [1.82, 2.24) is 4.90 Å². The van der Waals surface area contributed by atoms with Crippen LogP contribution < -0.4 is 0 Å². The van der Waals surface area contributed by atoms with Gasteiger partial charge in [0.25, 0.3) is 0 Å². The minimum absolute atomic E-state index is 0.143. The van der Waals surface area contributed by atoms with E-state index in [2.05, 4.69) is 0 Å². The zero-order valence-electron chi connectivity index (χ0n) is 14.1. The van der Waals surface area contributed by atoms with Crippen LogP contribution in [0.4, 0.5) is 0 Å². The fourth-order valence-electron chi connectivity index (χ4n) is 3.33. The summed E-state index contributed by atoms with van der Waals surface area (Å²) >= 11 is 0. The number of hydrogen-bond acceptors (Lipinski definition) is 5. The molecule has 1 heterocycles. The van der Waals surface area contributed by atoms with Gasteiger partial charge in [0.2, 0.25) is 0 Å². The molecule has 0 aliphatic carbocycles. The lowest BCUT2D eigenvalue weighted by Gasteiger charge is -2.45. The number of likely N-dealkylation sites (tertiary alicyclic amines) is 1. The van der Waals surface area contributed by atoms with Crippen molar-refractivity contribution in [2.24, 2.45) is 0 Å². The van der Waals surface area contributed by atoms with Crippen molar-refractivity contribution in [3.63, 3.8) is 0 Å². The van der Waals surface area contributed by atoms with Crippen molar-refractivity contribution in [2.75, 3.05) is 13.2 Å². The Balaban J connectivity index is 1.72. The molecule has 0 bridgehead atoms. The summed E-state index contributed by atoms with van der Waals surface area (Å²) in [6.07, 6.45) is -2.59. The Morgan fingerprint density at radius 3 is 2.12 bits per heavy atom. The largest absolute Gasteiger partial charge is 0.395 e. The predicted molar refractivity (Wildman–Crippen MR) is 94.8 cm³/mol. The minimum Gasteiger partial charge on any atom is -0.395 e. The summed E-state index contributed by atoms with van der Waals surface area (Å²) < 4.78 is 5.91. The highest BCUT2D eigenvalue weighted by Crippen LogP contribution is 2.24. The number of ether oxygens (including phenoxy) is 1. The molecule has 1 aliphatic heterocycles. The van der Waals surface area contributed by atoms with Crippen LogP contribution in [0.15, 0.2) is 60.7 Å². The van der Waals surface area contributed by atoms with Gasteiger partial charge in [0, 0.05) is 13.1 Å². The quantitative estimate of drug-likeness (QED) is 0.734. The molecule has 2 aromatic rings. The van der Waals surface area contributed by atoms with Gasteiger partial charge in [0.1, 0.15) is 12.2 Å². The molecule has 0 amide bonds. The average Bonchev–Trinajstić information content (AvgIpc) is 2.65. The lowest BCUT2D eigenvalue weighted by atomic mass is 9.93. The maximum Gasteiger partial charge on any atom is 0.109 e. The van der Waals surface area contributed by atoms with Crippen molar-refractivity contribution >= 4 is 0 Å². The molecule has 0 unspecified atom stereocenters. The number of rotatable bonds is 6. The Labute approximate surface area is 148 Å². The minimum atomic E-state index is -1.02. The first-order chi connectivity index (χ1) is 12.2. The molecule has 3 rings (SSSR count). The molecule has 3 N–H and O–H groups in total. The van der Waals surface area contributed by atoms with Gasteiger partial charge in [-0.2, -0.15) is 0 Å². The number of benzene rings is 2. The van der Waals surface area contributed by atoms with Gasteiger partial charge < -0.3 is 20.1 Å². The molecule has 2 aromatic carbocycles. The van der Waals surface area contributed by atoms with Gasteiger partial charge in [0.15, 0.2) is 0 Å². The first-order valence-corrected chi connectivity index (χ1v) is 8.59. The summed E-state index contributed by atoms with van der Waals surface area (Å²) in [4.78, 5) is 1.97. The van der Waals surface area contributed by atoms with Gasteiger partial charge in [-0.1, -0.05) is 60.7 Å². The maximum atomic E-state index is 10.4. The molecule has 25 heavy (non-hydrogen) atoms. The highest BCUT2D eigenvalue weighted by atomic mass is 16.5. The van der Waals surface area contributed by atoms with Gasteiger partial charge in [-0.05, 0) is 11.1 Å². The Morgan fingerprint density at radius 1 is 0.920 bits per heavy atom. The second-order valence-electron chi connectivity index (χ2n) is 6.48. The van der Waals surface area contributed by atoms with Crippen LogP contribution in [0, 0.1) is 0 Å². The van der Waals surface area contributed by atoms with E-state index in [0.717, 1.165) is 11.1 Å². The Bertz CT molecular complexity index is 637. The summed E-state index contributed by atoms with van der Waals surface area (Å²) in [5, 5.41) is 30.5. The van der Waals surface area contributed by atoms with Crippen LogP contribution >= 0.6 is 0 Å². The lowest BCUT2D eigenvalue weighted by molar-refractivity contribution is -0.172. The van der Waals surface area contributed by atoms with E-state index in [4.69, 9.17) is 4.74 Å². The third-order valence-corrected chi connectivity index (χ3v) is 4.70. The summed E-state index contributed by atoms with van der Waals surface area (Å²) in [7, 11) is 0. The van der Waals surface area contributed by atoms with Crippen molar-refractivity contribution in [3.05, 3.63) is 71.8 Å². The van der Waals surface area contributed by atoms with E-state index in [-0.39, 0.29) is 12.6 Å². The Hall–Kier alpha value is -1.76. The van der Waals surface area contributed by atoms with Crippen molar-refractivity contribution in [3.8, 4) is 0 Å². The van der Waals surface area contributed by atoms with Gasteiger partial charge in [-0.15, -0.1) is 0 Å². The third kappa shape index (κ3) is 4.45. The zero-order valence-corrected chi connectivity index (χ0v) is 14.1. The second-order valence-corrected chi connectivity index (χ2v) is 6.48.